The highest BCUT2D eigenvalue weighted by molar-refractivity contribution is 7.80. The predicted molar refractivity (Wildman–Crippen MR) is 87.7 cm³/mol. The van der Waals surface area contributed by atoms with Crippen molar-refractivity contribution in [3.05, 3.63) is 0 Å². The summed E-state index contributed by atoms with van der Waals surface area (Å²) in [6.45, 7) is 1.43. The minimum absolute atomic E-state index is 0.137. The number of hydrogen-bond acceptors (Lipinski definition) is 7. The van der Waals surface area contributed by atoms with E-state index in [1.54, 1.807) is 0 Å². The minimum Gasteiger partial charge on any atom is -0.312 e. The molecule has 0 aromatic rings. The molecule has 1 unspecified atom stereocenters. The third-order valence-electron chi connectivity index (χ3n) is 5.05. The highest BCUT2D eigenvalue weighted by Gasteiger charge is 2.50. The molecule has 3 rings (SSSR count). The summed E-state index contributed by atoms with van der Waals surface area (Å²) in [7, 11) is -3.40. The summed E-state index contributed by atoms with van der Waals surface area (Å²) >= 11 is 0. The zero-order chi connectivity index (χ0) is 18.9. The molecule has 3 aliphatic heterocycles. The number of amides is 3. The number of hydroxylamine groups is 4. The molecular formula is C14H24N4O7S. The summed E-state index contributed by atoms with van der Waals surface area (Å²) in [5, 5.41) is 5.22. The van der Waals surface area contributed by atoms with Crippen LogP contribution in [0, 0.1) is 0 Å². The molecule has 2 bridgehead atoms. The number of rotatable bonds is 6. The van der Waals surface area contributed by atoms with Crippen LogP contribution in [0.4, 0.5) is 4.79 Å². The molecule has 0 saturated carbocycles. The van der Waals surface area contributed by atoms with E-state index in [0.29, 0.717) is 24.4 Å². The van der Waals surface area contributed by atoms with Crippen LogP contribution < -0.4 is 5.32 Å². The Bertz CT molecular complexity index is 652. The van der Waals surface area contributed by atoms with E-state index in [0.717, 1.165) is 25.8 Å². The van der Waals surface area contributed by atoms with Gasteiger partial charge in [0.25, 0.3) is 5.91 Å². The predicted octanol–water partition coefficient (Wildman–Crippen LogP) is -0.478. The van der Waals surface area contributed by atoms with E-state index in [2.05, 4.69) is 9.60 Å². The highest BCUT2D eigenvalue weighted by atomic mass is 32.3. The average molecular weight is 392 g/mol. The molecule has 3 saturated heterocycles. The Hall–Kier alpha value is -1.47. The minimum atomic E-state index is -4.81. The number of piperidine rings is 2. The van der Waals surface area contributed by atoms with Crippen LogP contribution in [-0.2, 0) is 24.3 Å². The first kappa shape index (κ1) is 19.3. The van der Waals surface area contributed by atoms with Crippen molar-refractivity contribution in [3.63, 3.8) is 0 Å². The molecule has 3 amide bonds. The summed E-state index contributed by atoms with van der Waals surface area (Å²) in [5.74, 6) is -0.347. The molecule has 0 radical (unpaired) electrons. The van der Waals surface area contributed by atoms with Crippen molar-refractivity contribution < 1.29 is 31.7 Å². The van der Waals surface area contributed by atoms with Gasteiger partial charge in [0.2, 0.25) is 0 Å². The lowest BCUT2D eigenvalue weighted by atomic mass is 9.99. The number of urea groups is 1. The maximum Gasteiger partial charge on any atom is 0.418 e. The summed E-state index contributed by atoms with van der Waals surface area (Å²) in [5.41, 5.74) is 0. The number of nitrogens with one attached hydrogen (secondary N) is 1. The summed E-state index contributed by atoms with van der Waals surface area (Å²) in [6, 6.07) is -1.89. The lowest BCUT2D eigenvalue weighted by Crippen LogP contribution is -2.54. The molecular weight excluding hydrogens is 368 g/mol. The maximum absolute atomic E-state index is 12.9. The third-order valence-corrected chi connectivity index (χ3v) is 5.40. The quantitative estimate of drug-likeness (QED) is 0.458. The first-order valence-corrected chi connectivity index (χ1v) is 10.0. The van der Waals surface area contributed by atoms with E-state index in [1.807, 2.05) is 0 Å². The summed E-state index contributed by atoms with van der Waals surface area (Å²) < 4.78 is 35.1. The molecule has 3 fully saturated rings. The van der Waals surface area contributed by atoms with Crippen molar-refractivity contribution in [1.82, 2.24) is 20.3 Å². The van der Waals surface area contributed by atoms with Crippen LogP contribution >= 0.6 is 0 Å². The van der Waals surface area contributed by atoms with Crippen LogP contribution in [0.1, 0.15) is 32.1 Å². The molecule has 3 atom stereocenters. The molecule has 3 heterocycles. The topological polar surface area (TPSA) is 129 Å². The number of nitrogens with zero attached hydrogens (tertiary/aromatic N) is 3. The Labute approximate surface area is 152 Å². The Morgan fingerprint density at radius 1 is 1.35 bits per heavy atom. The Balaban J connectivity index is 1.67. The maximum atomic E-state index is 12.9. The van der Waals surface area contributed by atoms with Crippen LogP contribution in [0.15, 0.2) is 0 Å². The molecule has 0 spiro atoms. The van der Waals surface area contributed by atoms with Gasteiger partial charge in [-0.1, -0.05) is 6.42 Å². The van der Waals surface area contributed by atoms with E-state index < -0.39 is 28.5 Å². The van der Waals surface area contributed by atoms with Gasteiger partial charge in [-0.15, -0.1) is 4.28 Å². The first-order valence-electron chi connectivity index (χ1n) is 8.66. The fraction of sp³-hybridized carbons (Fsp3) is 0.857. The van der Waals surface area contributed by atoms with Crippen molar-refractivity contribution in [2.24, 2.45) is 0 Å². The lowest BCUT2D eigenvalue weighted by molar-refractivity contribution is -0.183. The number of carbonyl (C=O) groups is 2. The lowest BCUT2D eigenvalue weighted by Gasteiger charge is -2.35. The largest absolute Gasteiger partial charge is 0.418 e. The zero-order valence-electron chi connectivity index (χ0n) is 14.5. The summed E-state index contributed by atoms with van der Waals surface area (Å²) in [4.78, 5) is 31.8. The standard InChI is InChI=1S/C14H24N4O7S/c1-24-17(8-10-4-2-3-7-15-10)13(19)12-6-5-11-9-16(12)14(20)18(11)25-26(21,22)23/h10-12,15H,2-9H2,1H3,(H,21,22,23)/t10?,11-,12+/m1/s1. The second-order valence-corrected chi connectivity index (χ2v) is 7.74. The molecule has 148 valence electrons. The van der Waals surface area contributed by atoms with Gasteiger partial charge in [0.05, 0.1) is 19.7 Å². The van der Waals surface area contributed by atoms with Gasteiger partial charge >= 0.3 is 16.4 Å². The van der Waals surface area contributed by atoms with Gasteiger partial charge in [-0.05, 0) is 32.2 Å². The Morgan fingerprint density at radius 2 is 2.12 bits per heavy atom. The van der Waals surface area contributed by atoms with Crippen LogP contribution in [0.5, 0.6) is 0 Å². The van der Waals surface area contributed by atoms with Gasteiger partial charge in [0.1, 0.15) is 6.04 Å². The number of hydrogen-bond donors (Lipinski definition) is 2. The van der Waals surface area contributed by atoms with Crippen molar-refractivity contribution in [1.29, 1.82) is 0 Å². The van der Waals surface area contributed by atoms with Crippen LogP contribution in [0.25, 0.3) is 0 Å². The third kappa shape index (κ3) is 4.09. The Kier molecular flexibility index (Phi) is 5.67. The normalized spacial score (nSPS) is 29.2. The monoisotopic (exact) mass is 392 g/mol. The van der Waals surface area contributed by atoms with Gasteiger partial charge in [-0.3, -0.25) is 14.2 Å². The molecule has 2 N–H and O–H groups in total. The van der Waals surface area contributed by atoms with E-state index in [9.17, 15) is 18.0 Å². The second-order valence-electron chi connectivity index (χ2n) is 6.74. The molecule has 0 aromatic carbocycles. The molecule has 3 aliphatic rings. The van der Waals surface area contributed by atoms with Crippen molar-refractivity contribution >= 4 is 22.3 Å². The van der Waals surface area contributed by atoms with Crippen LogP contribution in [-0.4, -0.2) is 84.8 Å². The molecule has 12 heteroatoms. The van der Waals surface area contributed by atoms with Crippen LogP contribution in [0.3, 0.4) is 0 Å². The number of carbonyl (C=O) groups excluding carboxylic acids is 2. The fourth-order valence-electron chi connectivity index (χ4n) is 3.79. The van der Waals surface area contributed by atoms with E-state index in [1.165, 1.54) is 17.1 Å². The summed E-state index contributed by atoms with van der Waals surface area (Å²) in [6.07, 6.45) is 3.87. The molecule has 26 heavy (non-hydrogen) atoms. The van der Waals surface area contributed by atoms with E-state index in [-0.39, 0.29) is 18.5 Å². The first-order chi connectivity index (χ1) is 12.3. The highest BCUT2D eigenvalue weighted by Crippen LogP contribution is 2.31. The van der Waals surface area contributed by atoms with E-state index in [4.69, 9.17) is 9.39 Å². The molecule has 11 nitrogen and oxygen atoms in total. The SMILES string of the molecule is CON(CC1CCCCN1)C(=O)[C@@H]1CC[C@@H]2CN1C(=O)N2OS(=O)(=O)O. The van der Waals surface area contributed by atoms with Gasteiger partial charge < -0.3 is 10.2 Å². The van der Waals surface area contributed by atoms with Crippen molar-refractivity contribution in [2.75, 3.05) is 26.7 Å². The molecule has 0 aliphatic carbocycles. The van der Waals surface area contributed by atoms with Crippen molar-refractivity contribution in [3.8, 4) is 0 Å². The Morgan fingerprint density at radius 3 is 2.73 bits per heavy atom. The van der Waals surface area contributed by atoms with Crippen molar-refractivity contribution in [2.45, 2.75) is 50.2 Å². The van der Waals surface area contributed by atoms with Gasteiger partial charge in [0.15, 0.2) is 0 Å². The number of fused-ring (bicyclic) bond motifs is 2. The average Bonchev–Trinajstić information content (AvgIpc) is 2.84. The fourth-order valence-corrected chi connectivity index (χ4v) is 4.18. The zero-order valence-corrected chi connectivity index (χ0v) is 15.4. The smallest absolute Gasteiger partial charge is 0.312 e. The van der Waals surface area contributed by atoms with Gasteiger partial charge in [0, 0.05) is 12.6 Å². The second kappa shape index (κ2) is 7.64. The molecule has 0 aromatic heterocycles. The van der Waals surface area contributed by atoms with E-state index >= 15 is 0 Å². The van der Waals surface area contributed by atoms with Gasteiger partial charge in [-0.25, -0.2) is 9.86 Å². The van der Waals surface area contributed by atoms with Crippen LogP contribution in [0.2, 0.25) is 0 Å². The van der Waals surface area contributed by atoms with Gasteiger partial charge in [-0.2, -0.15) is 13.5 Å².